The maximum Gasteiger partial charge on any atom is 0.310 e. The predicted octanol–water partition coefficient (Wildman–Crippen LogP) is 3.52. The smallest absolute Gasteiger partial charge is 0.310 e. The minimum atomic E-state index is -0.996. The van der Waals surface area contributed by atoms with Crippen LogP contribution in [0.4, 0.5) is 0 Å². The van der Waals surface area contributed by atoms with E-state index < -0.39 is 8.38 Å². The fraction of sp³-hybridized carbons (Fsp3) is 0.769. The summed E-state index contributed by atoms with van der Waals surface area (Å²) in [5.74, 6) is -0.160. The van der Waals surface area contributed by atoms with Gasteiger partial charge in [-0.1, -0.05) is 12.0 Å². The van der Waals surface area contributed by atoms with Crippen LogP contribution in [0.5, 0.6) is 0 Å². The molecule has 0 unspecified atom stereocenters. The van der Waals surface area contributed by atoms with E-state index in [9.17, 15) is 4.79 Å². The van der Waals surface area contributed by atoms with Gasteiger partial charge in [0.25, 0.3) is 0 Å². The molecule has 2 aliphatic rings. The van der Waals surface area contributed by atoms with Crippen LogP contribution in [0.3, 0.4) is 0 Å². The highest BCUT2D eigenvalue weighted by atomic mass is 31.2. The molecule has 1 aliphatic heterocycles. The molecule has 0 aromatic carbocycles. The maximum absolute atomic E-state index is 11.7. The van der Waals surface area contributed by atoms with Gasteiger partial charge in [0, 0.05) is 5.31 Å². The lowest BCUT2D eigenvalue weighted by molar-refractivity contribution is -0.142. The van der Waals surface area contributed by atoms with Crippen molar-refractivity contribution in [2.45, 2.75) is 45.4 Å². The van der Waals surface area contributed by atoms with E-state index in [1.54, 1.807) is 0 Å². The Morgan fingerprint density at radius 2 is 1.89 bits per heavy atom. The molecule has 2 rings (SSSR count). The molecule has 5 heteroatoms. The third kappa shape index (κ3) is 3.78. The topological polar surface area (TPSA) is 44.8 Å². The summed E-state index contributed by atoms with van der Waals surface area (Å²) < 4.78 is 16.3. The first kappa shape index (κ1) is 14.0. The number of allylic oxidation sites excluding steroid dienone is 1. The molecule has 2 fully saturated rings. The number of hydrogen-bond donors (Lipinski definition) is 0. The minimum absolute atomic E-state index is 0.160. The van der Waals surface area contributed by atoms with Crippen LogP contribution >= 0.6 is 8.38 Å². The van der Waals surface area contributed by atoms with Crippen LogP contribution in [-0.4, -0.2) is 25.8 Å². The van der Waals surface area contributed by atoms with Crippen molar-refractivity contribution in [2.24, 2.45) is 0 Å². The number of carbonyl (C=O) groups excluding carboxylic acids is 1. The lowest BCUT2D eigenvalue weighted by atomic mass is 9.94. The van der Waals surface area contributed by atoms with Crippen LogP contribution in [0.2, 0.25) is 0 Å². The molecule has 0 spiro atoms. The monoisotopic (exact) mass is 272 g/mol. The molecular formula is C13H21O4P. The van der Waals surface area contributed by atoms with E-state index in [-0.39, 0.29) is 5.97 Å². The molecular weight excluding hydrogens is 251 g/mol. The molecule has 1 saturated carbocycles. The van der Waals surface area contributed by atoms with Crippen molar-refractivity contribution in [3.8, 4) is 0 Å². The first-order valence-corrected chi connectivity index (χ1v) is 7.91. The van der Waals surface area contributed by atoms with Gasteiger partial charge in [-0.15, -0.1) is 0 Å². The molecule has 102 valence electrons. The van der Waals surface area contributed by atoms with Gasteiger partial charge in [-0.25, -0.2) is 0 Å². The fourth-order valence-electron chi connectivity index (χ4n) is 2.37. The summed E-state index contributed by atoms with van der Waals surface area (Å²) in [6.45, 7) is 3.55. The van der Waals surface area contributed by atoms with Crippen LogP contribution < -0.4 is 0 Å². The maximum atomic E-state index is 11.7. The highest BCUT2D eigenvalue weighted by molar-refractivity contribution is 7.52. The summed E-state index contributed by atoms with van der Waals surface area (Å²) in [4.78, 5) is 11.7. The Balaban J connectivity index is 2.08. The van der Waals surface area contributed by atoms with Gasteiger partial charge in [-0.2, -0.15) is 0 Å². The Labute approximate surface area is 110 Å². The molecule has 1 aliphatic carbocycles. The first-order chi connectivity index (χ1) is 8.81. The van der Waals surface area contributed by atoms with Crippen molar-refractivity contribution in [1.82, 2.24) is 0 Å². The van der Waals surface area contributed by atoms with Crippen molar-refractivity contribution in [2.75, 3.05) is 19.8 Å². The van der Waals surface area contributed by atoms with Gasteiger partial charge in [0.2, 0.25) is 8.38 Å². The number of carbonyl (C=O) groups is 1. The summed E-state index contributed by atoms with van der Waals surface area (Å²) in [6.07, 6.45) is 6.22. The predicted molar refractivity (Wildman–Crippen MR) is 70.2 cm³/mol. The van der Waals surface area contributed by atoms with Crippen molar-refractivity contribution in [3.05, 3.63) is 10.9 Å². The van der Waals surface area contributed by atoms with E-state index in [4.69, 9.17) is 13.8 Å². The van der Waals surface area contributed by atoms with E-state index in [0.29, 0.717) is 26.2 Å². The summed E-state index contributed by atoms with van der Waals surface area (Å²) in [7, 11) is -0.996. The molecule has 0 amide bonds. The van der Waals surface area contributed by atoms with E-state index in [0.717, 1.165) is 18.2 Å². The van der Waals surface area contributed by atoms with E-state index in [2.05, 4.69) is 0 Å². The molecule has 1 heterocycles. The second kappa shape index (κ2) is 7.22. The Bertz CT molecular complexity index is 313. The van der Waals surface area contributed by atoms with E-state index in [1.165, 1.54) is 24.8 Å². The minimum Gasteiger partial charge on any atom is -0.466 e. The van der Waals surface area contributed by atoms with Crippen LogP contribution in [0.15, 0.2) is 10.9 Å². The van der Waals surface area contributed by atoms with Gasteiger partial charge < -0.3 is 13.8 Å². The van der Waals surface area contributed by atoms with Crippen molar-refractivity contribution < 1.29 is 18.6 Å². The summed E-state index contributed by atoms with van der Waals surface area (Å²) in [6, 6.07) is 0. The first-order valence-electron chi connectivity index (χ1n) is 6.73. The van der Waals surface area contributed by atoms with Gasteiger partial charge in [-0.05, 0) is 32.6 Å². The molecule has 0 atom stereocenters. The quantitative estimate of drug-likeness (QED) is 0.580. The standard InChI is InChI=1S/C13H21O4P/c1-2-15-13(14)10-12(18-16-8-9-17-18)11-6-4-3-5-7-11/h2-10H2,1H3. The average Bonchev–Trinajstić information content (AvgIpc) is 2.91. The average molecular weight is 272 g/mol. The van der Waals surface area contributed by atoms with Gasteiger partial charge >= 0.3 is 5.97 Å². The molecule has 0 aromatic rings. The van der Waals surface area contributed by atoms with E-state index >= 15 is 0 Å². The summed E-state index contributed by atoms with van der Waals surface area (Å²) in [5.41, 5.74) is 1.38. The zero-order valence-electron chi connectivity index (χ0n) is 10.9. The number of hydrogen-bond acceptors (Lipinski definition) is 4. The zero-order chi connectivity index (χ0) is 12.8. The second-order valence-corrected chi connectivity index (χ2v) is 6.09. The van der Waals surface area contributed by atoms with Gasteiger partial charge in [0.05, 0.1) is 26.2 Å². The Kier molecular flexibility index (Phi) is 5.61. The third-order valence-corrected chi connectivity index (χ3v) is 4.95. The highest BCUT2D eigenvalue weighted by Gasteiger charge is 2.28. The van der Waals surface area contributed by atoms with Gasteiger partial charge in [-0.3, -0.25) is 4.79 Å². The third-order valence-electron chi connectivity index (χ3n) is 3.20. The van der Waals surface area contributed by atoms with Crippen LogP contribution in [0.1, 0.15) is 45.4 Å². The normalized spacial score (nSPS) is 21.1. The highest BCUT2D eigenvalue weighted by Crippen LogP contribution is 2.54. The van der Waals surface area contributed by atoms with Crippen molar-refractivity contribution >= 4 is 14.3 Å². The van der Waals surface area contributed by atoms with Gasteiger partial charge in [0.1, 0.15) is 0 Å². The summed E-state index contributed by atoms with van der Waals surface area (Å²) in [5, 5.41) is 1.08. The second-order valence-electron chi connectivity index (χ2n) is 4.52. The number of esters is 1. The lowest BCUT2D eigenvalue weighted by Gasteiger charge is -2.21. The molecule has 0 radical (unpaired) electrons. The molecule has 18 heavy (non-hydrogen) atoms. The van der Waals surface area contributed by atoms with Gasteiger partial charge in [0.15, 0.2) is 0 Å². The van der Waals surface area contributed by atoms with E-state index in [1.807, 2.05) is 6.92 Å². The Hall–Kier alpha value is -0.440. The lowest BCUT2D eigenvalue weighted by Crippen LogP contribution is -2.08. The van der Waals surface area contributed by atoms with Crippen molar-refractivity contribution in [1.29, 1.82) is 0 Å². The largest absolute Gasteiger partial charge is 0.466 e. The Morgan fingerprint density at radius 3 is 2.50 bits per heavy atom. The number of ether oxygens (including phenoxy) is 1. The molecule has 4 nitrogen and oxygen atoms in total. The molecule has 1 saturated heterocycles. The SMILES string of the molecule is CCOC(=O)CC(=C1CCCCC1)P1OCCO1. The summed E-state index contributed by atoms with van der Waals surface area (Å²) >= 11 is 0. The molecule has 0 N–H and O–H groups in total. The number of rotatable bonds is 4. The van der Waals surface area contributed by atoms with Crippen molar-refractivity contribution in [3.63, 3.8) is 0 Å². The zero-order valence-corrected chi connectivity index (χ0v) is 11.8. The Morgan fingerprint density at radius 1 is 1.22 bits per heavy atom. The fourth-order valence-corrected chi connectivity index (χ4v) is 3.97. The van der Waals surface area contributed by atoms with Crippen LogP contribution in [0.25, 0.3) is 0 Å². The molecule has 0 aromatic heterocycles. The van der Waals surface area contributed by atoms with Crippen LogP contribution in [-0.2, 0) is 18.6 Å². The molecule has 0 bridgehead atoms. The van der Waals surface area contributed by atoms with Crippen LogP contribution in [0, 0.1) is 0 Å².